The van der Waals surface area contributed by atoms with Crippen molar-refractivity contribution in [1.29, 1.82) is 0 Å². The number of aromatic amines is 3. The number of nitrogens with one attached hydrogen (secondary N) is 15. The van der Waals surface area contributed by atoms with Crippen LogP contribution in [0.3, 0.4) is 0 Å². The molecule has 118 heavy (non-hydrogen) atoms. The number of amides is 14. The molecule has 3 aromatic heterocycles. The van der Waals surface area contributed by atoms with Gasteiger partial charge < -0.3 is 110 Å². The zero-order valence-corrected chi connectivity index (χ0v) is 68.1. The van der Waals surface area contributed by atoms with Gasteiger partial charge in [-0.05, 0) is 111 Å². The van der Waals surface area contributed by atoms with Crippen molar-refractivity contribution >= 4 is 111 Å². The fraction of sp³-hybridized carbons (Fsp3) is 0.580. The molecule has 21 N–H and O–H groups in total. The van der Waals surface area contributed by atoms with Gasteiger partial charge in [0.2, 0.25) is 70.9 Å². The van der Waals surface area contributed by atoms with Crippen LogP contribution >= 0.6 is 0 Å². The van der Waals surface area contributed by atoms with Gasteiger partial charge in [-0.15, -0.1) is 0 Å². The minimum atomic E-state index is -1.90. The third-order valence-electron chi connectivity index (χ3n) is 20.7. The third kappa shape index (κ3) is 30.4. The van der Waals surface area contributed by atoms with Crippen LogP contribution in [0.2, 0.25) is 0 Å². The molecule has 5 aromatic rings. The molecule has 2 aliphatic rings. The first-order chi connectivity index (χ1) is 56.4. The topological polar surface area (TPSA) is 566 Å². The van der Waals surface area contributed by atoms with Gasteiger partial charge in [0.25, 0.3) is 0 Å². The molecule has 2 saturated heterocycles. The predicted octanol–water partition coefficient (Wildman–Crippen LogP) is 1.56. The number of phenolic OH excluding ortho intramolecular Hbond substituents is 1. The minimum Gasteiger partial charge on any atom is -0.508 e. The van der Waals surface area contributed by atoms with Gasteiger partial charge >= 0.3 is 18.0 Å². The monoisotopic (exact) mass is 1650 g/mol. The Morgan fingerprint density at radius 1 is 0.551 bits per heavy atom. The maximum Gasteiger partial charge on any atom is 0.329 e. The van der Waals surface area contributed by atoms with E-state index in [1.54, 1.807) is 64.2 Å². The molecule has 0 aliphatic carbocycles. The fourth-order valence-corrected chi connectivity index (χ4v) is 14.3. The number of esters is 1. The van der Waals surface area contributed by atoms with Gasteiger partial charge in [0, 0.05) is 78.4 Å². The van der Waals surface area contributed by atoms with Crippen LogP contribution in [0.25, 0.3) is 21.8 Å². The molecule has 37 nitrogen and oxygen atoms in total. The average Bonchev–Trinajstić information content (AvgIpc) is 1.65. The maximum atomic E-state index is 14.8. The van der Waals surface area contributed by atoms with Crippen molar-refractivity contribution in [3.05, 3.63) is 84.2 Å². The van der Waals surface area contributed by atoms with Crippen LogP contribution in [0.5, 0.6) is 5.75 Å². The summed E-state index contributed by atoms with van der Waals surface area (Å²) in [6, 6.07) is -2.67. The van der Waals surface area contributed by atoms with Crippen LogP contribution in [0.1, 0.15) is 180 Å². The number of benzene rings is 2. The number of carboxylic acids is 1. The van der Waals surface area contributed by atoms with Crippen molar-refractivity contribution in [1.82, 2.24) is 88.6 Å². The molecule has 646 valence electrons. The van der Waals surface area contributed by atoms with Crippen molar-refractivity contribution in [3.63, 3.8) is 0 Å². The van der Waals surface area contributed by atoms with Gasteiger partial charge in [-0.1, -0.05) is 118 Å². The lowest BCUT2D eigenvalue weighted by Gasteiger charge is -2.32. The quantitative estimate of drug-likeness (QED) is 0.0239. The number of primary amides is 1. The second kappa shape index (κ2) is 47.5. The summed E-state index contributed by atoms with van der Waals surface area (Å²) in [4.78, 5) is 226. The van der Waals surface area contributed by atoms with Crippen LogP contribution < -0.4 is 75.3 Å². The predicted molar refractivity (Wildman–Crippen MR) is 434 cm³/mol. The van der Waals surface area contributed by atoms with Gasteiger partial charge in [0.1, 0.15) is 66.2 Å². The first kappa shape index (κ1) is 93.5. The normalized spacial score (nSPS) is 22.4. The number of H-pyrrole nitrogens is 3. The van der Waals surface area contributed by atoms with Crippen LogP contribution in [0, 0.1) is 17.8 Å². The molecule has 0 bridgehead atoms. The summed E-state index contributed by atoms with van der Waals surface area (Å²) in [6.07, 6.45) is 12.2. The van der Waals surface area contributed by atoms with E-state index in [1.807, 2.05) is 0 Å². The zero-order valence-electron chi connectivity index (χ0n) is 68.1. The van der Waals surface area contributed by atoms with E-state index in [2.05, 4.69) is 97.6 Å². The number of aromatic hydroxyl groups is 1. The summed E-state index contributed by atoms with van der Waals surface area (Å²) in [5.74, 6) is -14.3. The maximum absolute atomic E-state index is 14.8. The summed E-state index contributed by atoms with van der Waals surface area (Å²) in [6.45, 7) is 8.43. The molecular formula is C81H119N19O18. The molecule has 0 saturated carbocycles. The van der Waals surface area contributed by atoms with E-state index in [0.717, 1.165) is 44.9 Å². The number of ether oxygens (including phenoxy) is 1. The van der Waals surface area contributed by atoms with Crippen molar-refractivity contribution in [2.24, 2.45) is 29.2 Å². The lowest BCUT2D eigenvalue weighted by Crippen LogP contribution is -2.60. The third-order valence-corrected chi connectivity index (χ3v) is 20.7. The zero-order chi connectivity index (χ0) is 86.0. The Morgan fingerprint density at radius 2 is 1.08 bits per heavy atom. The number of imidazole rings is 1. The number of nitrogens with two attached hydrogens (primary N) is 2. The number of carbonyl (C=O) groups excluding carboxylic acids is 14. The Morgan fingerprint density at radius 3 is 1.68 bits per heavy atom. The van der Waals surface area contributed by atoms with Crippen molar-refractivity contribution in [3.8, 4) is 5.75 Å². The number of cyclic esters (lactones) is 1. The van der Waals surface area contributed by atoms with E-state index in [0.29, 0.717) is 63.8 Å². The number of fused-ring (bicyclic) bond motifs is 3. The van der Waals surface area contributed by atoms with E-state index in [9.17, 15) is 82.1 Å². The highest BCUT2D eigenvalue weighted by Gasteiger charge is 2.41. The average molecular weight is 1650 g/mol. The number of aliphatic carboxylic acids is 1. The molecule has 0 radical (unpaired) electrons. The Labute approximate surface area is 685 Å². The molecule has 5 heterocycles. The van der Waals surface area contributed by atoms with Crippen molar-refractivity contribution in [2.45, 2.75) is 243 Å². The highest BCUT2D eigenvalue weighted by atomic mass is 16.5. The Kier molecular flexibility index (Phi) is 37.7. The lowest BCUT2D eigenvalue weighted by atomic mass is 10.0. The number of aromatic nitrogens is 4. The largest absolute Gasteiger partial charge is 0.508 e. The van der Waals surface area contributed by atoms with Crippen LogP contribution in [-0.2, 0) is 91.1 Å². The first-order valence-corrected chi connectivity index (χ1v) is 40.9. The summed E-state index contributed by atoms with van der Waals surface area (Å²) < 4.78 is 5.97. The lowest BCUT2D eigenvalue weighted by molar-refractivity contribution is -0.157. The molecule has 10 atom stereocenters. The van der Waals surface area contributed by atoms with Crippen molar-refractivity contribution in [2.75, 3.05) is 39.3 Å². The number of nitrogens with zero attached hydrogens (tertiary/aromatic N) is 2. The number of unbranched alkanes of at least 4 members (excludes halogenated alkanes) is 8. The van der Waals surface area contributed by atoms with Crippen LogP contribution in [0.4, 0.5) is 4.79 Å². The summed E-state index contributed by atoms with van der Waals surface area (Å²) in [5, 5.41) is 52.8. The SMILES string of the molecule is CC(C)CCCCCCCCCCCC1CC(=O)N[C@@H](CCCN)C(=O)N[C@@H](Cc2cnc[nH]2)C(=O)N[C@@H](C(C)C)C(=O)N2CCC[C@H]2C(=O)NCC(=O)N[C@@H](CCCNC(N)=O)C(=O)N[C@@H](Cc2c[nH]c3ccc(O)cc23)C(=O)NCC(=O)N[C@@H](Cc2c[nH]c3ccccc23)C(=O)NCC(=O)N[C@@H](C(C)C)C(=O)N[C@@H](CC(=O)O)C(=O)O1. The van der Waals surface area contributed by atoms with Gasteiger partial charge in [0.05, 0.1) is 38.8 Å². The van der Waals surface area contributed by atoms with E-state index < -0.39 is 194 Å². The summed E-state index contributed by atoms with van der Waals surface area (Å²) in [7, 11) is 0. The molecule has 2 fully saturated rings. The Balaban J connectivity index is 1.21. The second-order valence-corrected chi connectivity index (χ2v) is 31.4. The minimum absolute atomic E-state index is 0.0200. The highest BCUT2D eigenvalue weighted by molar-refractivity contribution is 6.00. The summed E-state index contributed by atoms with van der Waals surface area (Å²) >= 11 is 0. The van der Waals surface area contributed by atoms with Gasteiger partial charge in [0.15, 0.2) is 0 Å². The standard InChI is InChI=1S/C81H119N19O18/c1-46(2)21-14-12-10-8-7-9-11-13-15-22-53-37-65(102)92-58(25-18-30-82)74(110)96-62(35-51-41-84-45-91-51)76(112)99-71(48(5)6)79(115)100-32-20-27-64(100)77(113)90-43-66(103)93-59(26-19-31-85-81(83)117)75(111)95-61(34-50-40-87-57-29-28-52(101)36-55(50)57)73(109)88-42-67(104)94-60(33-49-39-86-56-24-17-16-23-54(49)56)72(108)89-44-68(105)98-70(47(3)4)78(114)97-63(38-69(106)107)80(116)118-53/h16-17,23-24,28-29,36,39-41,45-48,53,58-64,70-71,86-87,101H,7-15,18-22,25-27,30-35,37-38,42-44,82H2,1-6H3,(H,84,91)(H,88,109)(H,89,108)(H,90,113)(H,92,102)(H,93,103)(H,94,104)(H,95,111)(H,96,110)(H,97,114)(H,98,105)(H,99,112)(H,106,107)(H3,83,85,117)/t53?,58-,59-,60-,61-,62-,63-,64-,70-,71-/m0/s1. The molecular weight excluding hydrogens is 1530 g/mol. The number of rotatable bonds is 29. The Hall–Kier alpha value is -11.7. The summed E-state index contributed by atoms with van der Waals surface area (Å²) in [5.41, 5.74) is 13.8. The number of para-hydroxylation sites is 1. The number of phenols is 1. The van der Waals surface area contributed by atoms with Gasteiger partial charge in [-0.25, -0.2) is 14.6 Å². The number of carboxylic acid groups (broad SMARTS) is 1. The van der Waals surface area contributed by atoms with Gasteiger partial charge in [-0.3, -0.25) is 62.3 Å². The first-order valence-electron chi connectivity index (χ1n) is 40.9. The Bertz CT molecular complexity index is 4240. The van der Waals surface area contributed by atoms with Crippen molar-refractivity contribution < 1.29 is 86.9 Å². The fourth-order valence-electron chi connectivity index (χ4n) is 14.3. The van der Waals surface area contributed by atoms with Crippen LogP contribution in [0.15, 0.2) is 67.4 Å². The molecule has 2 aliphatic heterocycles. The second-order valence-electron chi connectivity index (χ2n) is 31.4. The molecule has 1 unspecified atom stereocenters. The smallest absolute Gasteiger partial charge is 0.329 e. The van der Waals surface area contributed by atoms with E-state index in [-0.39, 0.29) is 83.2 Å². The molecule has 37 heteroatoms. The highest BCUT2D eigenvalue weighted by Crippen LogP contribution is 2.26. The van der Waals surface area contributed by atoms with Crippen LogP contribution in [-0.4, -0.2) is 224 Å². The molecule has 7 rings (SSSR count). The van der Waals surface area contributed by atoms with E-state index >= 15 is 0 Å². The molecule has 14 amide bonds. The molecule has 2 aromatic carbocycles. The number of carbonyl (C=O) groups is 15. The van der Waals surface area contributed by atoms with Gasteiger partial charge in [-0.2, -0.15) is 0 Å². The number of hydrogen-bond donors (Lipinski definition) is 19. The number of urea groups is 1. The van der Waals surface area contributed by atoms with E-state index in [4.69, 9.17) is 16.2 Å². The van der Waals surface area contributed by atoms with E-state index in [1.165, 1.54) is 42.2 Å². The molecule has 0 spiro atoms. The number of hydrogen-bond acceptors (Lipinski definition) is 19.